The second-order valence-electron chi connectivity index (χ2n) is 3.40. The molecule has 2 N–H and O–H groups in total. The Labute approximate surface area is 123 Å². The highest BCUT2D eigenvalue weighted by atomic mass is 127. The van der Waals surface area contributed by atoms with Crippen molar-refractivity contribution in [3.63, 3.8) is 0 Å². The molecule has 0 amide bonds. The number of nitrogens with two attached hydrogens (primary N) is 1. The monoisotopic (exact) mass is 379 g/mol. The van der Waals surface area contributed by atoms with Gasteiger partial charge in [-0.3, -0.25) is 0 Å². The van der Waals surface area contributed by atoms with Gasteiger partial charge in [-0.2, -0.15) is 0 Å². The zero-order valence-electron chi connectivity index (χ0n) is 8.62. The van der Waals surface area contributed by atoms with Gasteiger partial charge >= 0.3 is 0 Å². The van der Waals surface area contributed by atoms with Gasteiger partial charge in [0.1, 0.15) is 11.6 Å². The summed E-state index contributed by atoms with van der Waals surface area (Å²) < 4.78 is 0.830. The van der Waals surface area contributed by atoms with Crippen molar-refractivity contribution in [2.45, 2.75) is 6.42 Å². The number of anilines is 1. The summed E-state index contributed by atoms with van der Waals surface area (Å²) in [6.07, 6.45) is 2.16. The molecule has 2 rings (SSSR count). The quantitative estimate of drug-likeness (QED) is 0.811. The van der Waals surface area contributed by atoms with E-state index in [0.29, 0.717) is 28.1 Å². The normalized spacial score (nSPS) is 10.5. The molecule has 6 heteroatoms. The smallest absolute Gasteiger partial charge is 0.140 e. The number of hydrogen-bond acceptors (Lipinski definition) is 3. The second kappa shape index (κ2) is 5.37. The first-order valence-electron chi connectivity index (χ1n) is 4.77. The molecule has 17 heavy (non-hydrogen) atoms. The van der Waals surface area contributed by atoms with E-state index in [-0.39, 0.29) is 0 Å². The molecule has 0 unspecified atom stereocenters. The van der Waals surface area contributed by atoms with E-state index in [1.54, 1.807) is 24.4 Å². The van der Waals surface area contributed by atoms with Crippen LogP contribution in [0.4, 0.5) is 5.82 Å². The molecule has 3 nitrogen and oxygen atoms in total. The highest BCUT2D eigenvalue weighted by Crippen LogP contribution is 2.26. The standard InChI is InChI=1S/C11H8Cl2IN3/c12-7-2-1-3-8(13)6(7)4-10-16-5-9(14)11(15)17-10/h1-3,5H,4H2,(H2,15,16,17). The number of benzene rings is 1. The lowest BCUT2D eigenvalue weighted by molar-refractivity contribution is 0.968. The van der Waals surface area contributed by atoms with Gasteiger partial charge in [0.25, 0.3) is 0 Å². The Kier molecular flexibility index (Phi) is 4.06. The zero-order valence-corrected chi connectivity index (χ0v) is 12.3. The fourth-order valence-corrected chi connectivity index (χ4v) is 2.15. The van der Waals surface area contributed by atoms with Crippen LogP contribution in [0.5, 0.6) is 0 Å². The first kappa shape index (κ1) is 12.9. The van der Waals surface area contributed by atoms with Gasteiger partial charge in [0, 0.05) is 22.7 Å². The maximum atomic E-state index is 6.08. The molecule has 0 aliphatic heterocycles. The lowest BCUT2D eigenvalue weighted by atomic mass is 10.1. The van der Waals surface area contributed by atoms with Crippen LogP contribution in [0.3, 0.4) is 0 Å². The van der Waals surface area contributed by atoms with E-state index >= 15 is 0 Å². The Morgan fingerprint density at radius 1 is 1.24 bits per heavy atom. The molecule has 0 radical (unpaired) electrons. The summed E-state index contributed by atoms with van der Waals surface area (Å²) in [6.45, 7) is 0. The summed E-state index contributed by atoms with van der Waals surface area (Å²) in [5.41, 5.74) is 6.54. The van der Waals surface area contributed by atoms with Crippen LogP contribution in [0.25, 0.3) is 0 Å². The lowest BCUT2D eigenvalue weighted by Gasteiger charge is -2.06. The Morgan fingerprint density at radius 2 is 1.88 bits per heavy atom. The van der Waals surface area contributed by atoms with E-state index in [2.05, 4.69) is 32.6 Å². The molecule has 0 aliphatic rings. The fraction of sp³-hybridized carbons (Fsp3) is 0.0909. The minimum atomic E-state index is 0.471. The van der Waals surface area contributed by atoms with Gasteiger partial charge < -0.3 is 5.73 Å². The molecule has 0 fully saturated rings. The first-order chi connectivity index (χ1) is 8.08. The van der Waals surface area contributed by atoms with Gasteiger partial charge in [0.05, 0.1) is 3.57 Å². The van der Waals surface area contributed by atoms with Gasteiger partial charge in [0.2, 0.25) is 0 Å². The van der Waals surface area contributed by atoms with Crippen molar-refractivity contribution in [2.24, 2.45) is 0 Å². The van der Waals surface area contributed by atoms with Crippen molar-refractivity contribution in [2.75, 3.05) is 5.73 Å². The van der Waals surface area contributed by atoms with Gasteiger partial charge in [-0.05, 0) is 40.3 Å². The Hall–Kier alpha value is -0.590. The molecular formula is C11H8Cl2IN3. The second-order valence-corrected chi connectivity index (χ2v) is 5.37. The predicted molar refractivity (Wildman–Crippen MR) is 78.4 cm³/mol. The van der Waals surface area contributed by atoms with Gasteiger partial charge in [-0.15, -0.1) is 0 Å². The molecule has 2 aromatic rings. The molecule has 0 saturated heterocycles. The Morgan fingerprint density at radius 3 is 2.47 bits per heavy atom. The highest BCUT2D eigenvalue weighted by Gasteiger charge is 2.09. The van der Waals surface area contributed by atoms with Crippen LogP contribution in [0.2, 0.25) is 10.0 Å². The van der Waals surface area contributed by atoms with Crippen molar-refractivity contribution in [1.82, 2.24) is 9.97 Å². The summed E-state index contributed by atoms with van der Waals surface area (Å²) in [4.78, 5) is 8.39. The summed E-state index contributed by atoms with van der Waals surface area (Å²) in [5.74, 6) is 1.08. The maximum Gasteiger partial charge on any atom is 0.140 e. The van der Waals surface area contributed by atoms with E-state index in [4.69, 9.17) is 28.9 Å². The molecule has 88 valence electrons. The molecule has 1 aromatic heterocycles. The summed E-state index contributed by atoms with van der Waals surface area (Å²) >= 11 is 14.2. The molecular weight excluding hydrogens is 372 g/mol. The third-order valence-corrected chi connectivity index (χ3v) is 3.76. The van der Waals surface area contributed by atoms with Crippen molar-refractivity contribution < 1.29 is 0 Å². The van der Waals surface area contributed by atoms with Gasteiger partial charge in [-0.1, -0.05) is 29.3 Å². The summed E-state index contributed by atoms with van der Waals surface area (Å²) in [5, 5.41) is 1.22. The Bertz CT molecular complexity index is 540. The van der Waals surface area contributed by atoms with E-state index in [1.165, 1.54) is 0 Å². The number of hydrogen-bond donors (Lipinski definition) is 1. The molecule has 0 bridgehead atoms. The molecule has 0 saturated carbocycles. The summed E-state index contributed by atoms with van der Waals surface area (Å²) in [6, 6.07) is 5.38. The number of aromatic nitrogens is 2. The fourth-order valence-electron chi connectivity index (χ4n) is 1.36. The average Bonchev–Trinajstić information content (AvgIpc) is 2.28. The third kappa shape index (κ3) is 3.00. The average molecular weight is 380 g/mol. The van der Waals surface area contributed by atoms with Crippen molar-refractivity contribution in [1.29, 1.82) is 0 Å². The van der Waals surface area contributed by atoms with Crippen molar-refractivity contribution in [3.8, 4) is 0 Å². The first-order valence-corrected chi connectivity index (χ1v) is 6.61. The Balaban J connectivity index is 2.35. The predicted octanol–water partition coefficient (Wildman–Crippen LogP) is 3.56. The van der Waals surface area contributed by atoms with E-state index < -0.39 is 0 Å². The molecule has 1 heterocycles. The van der Waals surface area contributed by atoms with Crippen LogP contribution in [-0.4, -0.2) is 9.97 Å². The van der Waals surface area contributed by atoms with E-state index in [0.717, 1.165) is 9.13 Å². The van der Waals surface area contributed by atoms with Crippen LogP contribution in [0.15, 0.2) is 24.4 Å². The summed E-state index contributed by atoms with van der Waals surface area (Å²) in [7, 11) is 0. The molecule has 0 atom stereocenters. The number of halogens is 3. The number of nitrogen functional groups attached to an aromatic ring is 1. The van der Waals surface area contributed by atoms with Crippen LogP contribution in [0.1, 0.15) is 11.4 Å². The highest BCUT2D eigenvalue weighted by molar-refractivity contribution is 14.1. The van der Waals surface area contributed by atoms with Crippen LogP contribution >= 0.6 is 45.8 Å². The third-order valence-electron chi connectivity index (χ3n) is 2.22. The molecule has 0 aliphatic carbocycles. The largest absolute Gasteiger partial charge is 0.383 e. The van der Waals surface area contributed by atoms with Gasteiger partial charge in [-0.25, -0.2) is 9.97 Å². The van der Waals surface area contributed by atoms with Crippen LogP contribution < -0.4 is 5.73 Å². The SMILES string of the molecule is Nc1nc(Cc2c(Cl)cccc2Cl)ncc1I. The number of nitrogens with zero attached hydrogens (tertiary/aromatic N) is 2. The van der Waals surface area contributed by atoms with E-state index in [9.17, 15) is 0 Å². The molecule has 1 aromatic carbocycles. The molecule has 0 spiro atoms. The van der Waals surface area contributed by atoms with Gasteiger partial charge in [0.15, 0.2) is 0 Å². The van der Waals surface area contributed by atoms with Crippen molar-refractivity contribution in [3.05, 3.63) is 49.4 Å². The topological polar surface area (TPSA) is 51.8 Å². The maximum absolute atomic E-state index is 6.08. The van der Waals surface area contributed by atoms with E-state index in [1.807, 2.05) is 0 Å². The minimum Gasteiger partial charge on any atom is -0.383 e. The van der Waals surface area contributed by atoms with Crippen LogP contribution in [0, 0.1) is 3.57 Å². The lowest BCUT2D eigenvalue weighted by Crippen LogP contribution is -2.03. The minimum absolute atomic E-state index is 0.471. The van der Waals surface area contributed by atoms with Crippen LogP contribution in [-0.2, 0) is 6.42 Å². The number of rotatable bonds is 2. The zero-order chi connectivity index (χ0) is 12.4. The van der Waals surface area contributed by atoms with Crippen molar-refractivity contribution >= 4 is 51.6 Å².